The molecule has 80 heavy (non-hydrogen) atoms. The zero-order chi connectivity index (χ0) is 54.8. The molecular weight excluding hydrogens is 963 g/mol. The van der Waals surface area contributed by atoms with Crippen molar-refractivity contribution in [1.29, 1.82) is 0 Å². The first kappa shape index (κ1) is 49.5. The van der Waals surface area contributed by atoms with Gasteiger partial charge in [-0.15, -0.1) is 0 Å². The average Bonchev–Trinajstić information content (AvgIpc) is 4.11. The van der Waals surface area contributed by atoms with E-state index in [4.69, 9.17) is 0 Å². The highest BCUT2D eigenvalue weighted by Gasteiger charge is 2.57. The van der Waals surface area contributed by atoms with Crippen LogP contribution in [0.5, 0.6) is 0 Å². The van der Waals surface area contributed by atoms with Gasteiger partial charge in [0.15, 0.2) is 0 Å². The summed E-state index contributed by atoms with van der Waals surface area (Å²) in [7, 11) is 0. The minimum atomic E-state index is -0.536. The highest BCUT2D eigenvalue weighted by Crippen LogP contribution is 2.63. The first-order chi connectivity index (χ1) is 38.7. The van der Waals surface area contributed by atoms with Crippen molar-refractivity contribution in [3.63, 3.8) is 0 Å². The standard InChI is InChI=1S/C79H67N/c1-75(2)69-30-20-18-28-63(69)65-46-38-56(48-72(65)75)54-34-42-61(43-35-54)80(60-40-32-53(33-41-60)52-22-12-9-13-23-52)62-44-36-55(37-45-62)67-51-73-68(50-66(67)57-39-47-71-74(49-57)77(5,6)78(7,8)76(71,3)4)64-29-19-21-31-70(64)79(73,58-24-14-10-15-25-58)59-26-16-11-17-27-59/h9-51H,1-8H3. The van der Waals surface area contributed by atoms with Crippen molar-refractivity contribution in [3.8, 4) is 66.8 Å². The Morgan fingerprint density at radius 2 is 0.650 bits per heavy atom. The number of anilines is 3. The largest absolute Gasteiger partial charge is 0.311 e. The Morgan fingerprint density at radius 3 is 1.24 bits per heavy atom. The van der Waals surface area contributed by atoms with Crippen LogP contribution in [0.4, 0.5) is 17.1 Å². The van der Waals surface area contributed by atoms with E-state index < -0.39 is 5.41 Å². The van der Waals surface area contributed by atoms with Gasteiger partial charge >= 0.3 is 0 Å². The van der Waals surface area contributed by atoms with Crippen LogP contribution in [-0.2, 0) is 21.7 Å². The van der Waals surface area contributed by atoms with Crippen LogP contribution in [-0.4, -0.2) is 0 Å². The van der Waals surface area contributed by atoms with E-state index in [9.17, 15) is 0 Å². The van der Waals surface area contributed by atoms with Crippen molar-refractivity contribution in [2.24, 2.45) is 5.41 Å². The first-order valence-corrected chi connectivity index (χ1v) is 28.7. The molecule has 3 aliphatic rings. The molecule has 388 valence electrons. The zero-order valence-corrected chi connectivity index (χ0v) is 47.3. The summed E-state index contributed by atoms with van der Waals surface area (Å²) in [6, 6.07) is 98.3. The van der Waals surface area contributed by atoms with E-state index in [2.05, 4.69) is 321 Å². The van der Waals surface area contributed by atoms with Gasteiger partial charge in [0.2, 0.25) is 0 Å². The zero-order valence-electron chi connectivity index (χ0n) is 47.3. The summed E-state index contributed by atoms with van der Waals surface area (Å²) in [5, 5.41) is 0. The Bertz CT molecular complexity index is 4140. The van der Waals surface area contributed by atoms with Crippen LogP contribution in [0.1, 0.15) is 99.9 Å². The van der Waals surface area contributed by atoms with Crippen LogP contribution in [0.15, 0.2) is 261 Å². The smallest absolute Gasteiger partial charge is 0.0713 e. The molecule has 0 N–H and O–H groups in total. The molecule has 0 saturated carbocycles. The molecule has 1 nitrogen and oxygen atoms in total. The first-order valence-electron chi connectivity index (χ1n) is 28.7. The molecule has 11 aromatic rings. The third-order valence-corrected chi connectivity index (χ3v) is 20.1. The Kier molecular flexibility index (Phi) is 11.2. The third-order valence-electron chi connectivity index (χ3n) is 20.1. The molecular formula is C79H67N. The predicted molar refractivity (Wildman–Crippen MR) is 338 cm³/mol. The number of hydrogen-bond acceptors (Lipinski definition) is 1. The summed E-state index contributed by atoms with van der Waals surface area (Å²) in [5.41, 5.74) is 28.5. The molecule has 0 amide bonds. The third kappa shape index (κ3) is 7.22. The Hall–Kier alpha value is -8.78. The van der Waals surface area contributed by atoms with Gasteiger partial charge in [0.05, 0.1) is 5.41 Å². The lowest BCUT2D eigenvalue weighted by Gasteiger charge is -2.44. The maximum Gasteiger partial charge on any atom is 0.0713 e. The Labute approximate surface area is 473 Å². The van der Waals surface area contributed by atoms with Crippen LogP contribution in [0.3, 0.4) is 0 Å². The summed E-state index contributed by atoms with van der Waals surface area (Å²) >= 11 is 0. The van der Waals surface area contributed by atoms with Crippen molar-refractivity contribution in [3.05, 3.63) is 305 Å². The molecule has 0 unspecified atom stereocenters. The predicted octanol–water partition coefficient (Wildman–Crippen LogP) is 21.1. The van der Waals surface area contributed by atoms with E-state index in [1.165, 1.54) is 111 Å². The minimum absolute atomic E-state index is 0.00489. The molecule has 1 heteroatoms. The van der Waals surface area contributed by atoms with E-state index >= 15 is 0 Å². The van der Waals surface area contributed by atoms with E-state index in [1.54, 1.807) is 0 Å². The summed E-state index contributed by atoms with van der Waals surface area (Å²) in [6.45, 7) is 19.4. The Balaban J connectivity index is 0.932. The summed E-state index contributed by atoms with van der Waals surface area (Å²) in [5.74, 6) is 0. The summed E-state index contributed by atoms with van der Waals surface area (Å²) < 4.78 is 0. The van der Waals surface area contributed by atoms with Gasteiger partial charge in [-0.1, -0.05) is 262 Å². The number of rotatable bonds is 9. The highest BCUT2D eigenvalue weighted by molar-refractivity contribution is 5.96. The summed E-state index contributed by atoms with van der Waals surface area (Å²) in [6.07, 6.45) is 0. The molecule has 0 saturated heterocycles. The maximum atomic E-state index is 2.56. The van der Waals surface area contributed by atoms with Crippen LogP contribution in [0.2, 0.25) is 0 Å². The molecule has 0 heterocycles. The maximum absolute atomic E-state index is 2.56. The van der Waals surface area contributed by atoms with E-state index in [0.29, 0.717) is 0 Å². The molecule has 3 aliphatic carbocycles. The van der Waals surface area contributed by atoms with Crippen molar-refractivity contribution in [2.75, 3.05) is 4.90 Å². The van der Waals surface area contributed by atoms with E-state index in [-0.39, 0.29) is 21.7 Å². The van der Waals surface area contributed by atoms with Crippen molar-refractivity contribution >= 4 is 17.1 Å². The quantitative estimate of drug-likeness (QED) is 0.139. The number of fused-ring (bicyclic) bond motifs is 7. The van der Waals surface area contributed by atoms with Crippen molar-refractivity contribution in [1.82, 2.24) is 0 Å². The van der Waals surface area contributed by atoms with Gasteiger partial charge in [0.25, 0.3) is 0 Å². The lowest BCUT2D eigenvalue weighted by molar-refractivity contribution is 0.125. The number of benzene rings is 11. The molecule has 0 atom stereocenters. The second-order valence-electron chi connectivity index (χ2n) is 24.9. The van der Waals surface area contributed by atoms with Crippen LogP contribution in [0.25, 0.3) is 66.8 Å². The topological polar surface area (TPSA) is 3.24 Å². The molecule has 14 rings (SSSR count). The van der Waals surface area contributed by atoms with Crippen LogP contribution < -0.4 is 4.90 Å². The lowest BCUT2D eigenvalue weighted by Crippen LogP contribution is -2.42. The fourth-order valence-electron chi connectivity index (χ4n) is 14.6. The van der Waals surface area contributed by atoms with E-state index in [0.717, 1.165) is 17.1 Å². The minimum Gasteiger partial charge on any atom is -0.311 e. The molecule has 0 aliphatic heterocycles. The average molecular weight is 1030 g/mol. The second kappa shape index (κ2) is 18.1. The lowest BCUT2D eigenvalue weighted by atomic mass is 9.59. The molecule has 0 radical (unpaired) electrons. The van der Waals surface area contributed by atoms with Gasteiger partial charge < -0.3 is 4.90 Å². The molecule has 0 bridgehead atoms. The van der Waals surface area contributed by atoms with Crippen molar-refractivity contribution in [2.45, 2.75) is 77.0 Å². The second-order valence-corrected chi connectivity index (χ2v) is 24.9. The number of hydrogen-bond donors (Lipinski definition) is 0. The molecule has 0 spiro atoms. The normalized spacial score (nSPS) is 16.0. The van der Waals surface area contributed by atoms with Gasteiger partial charge in [-0.2, -0.15) is 0 Å². The van der Waals surface area contributed by atoms with Gasteiger partial charge in [-0.3, -0.25) is 0 Å². The van der Waals surface area contributed by atoms with E-state index in [1.807, 2.05) is 0 Å². The van der Waals surface area contributed by atoms with Crippen LogP contribution in [0, 0.1) is 5.41 Å². The molecule has 0 fully saturated rings. The van der Waals surface area contributed by atoms with Gasteiger partial charge in [-0.25, -0.2) is 0 Å². The fourth-order valence-corrected chi connectivity index (χ4v) is 14.6. The van der Waals surface area contributed by atoms with Gasteiger partial charge in [-0.05, 0) is 182 Å². The molecule has 0 aromatic heterocycles. The summed E-state index contributed by atoms with van der Waals surface area (Å²) in [4.78, 5) is 2.41. The Morgan fingerprint density at radius 1 is 0.237 bits per heavy atom. The SMILES string of the molecule is CC1(C)c2ccccc2-c2ccc(-c3ccc(N(c4ccc(-c5ccccc5)cc4)c4ccc(-c5cc6c(cc5-c5ccc7c(c5)C(C)(C)C(C)(C)C7(C)C)-c5ccccc5C6(c5ccccc5)c5ccccc5)cc4)cc3)cc21. The van der Waals surface area contributed by atoms with Crippen molar-refractivity contribution < 1.29 is 0 Å². The number of nitrogens with zero attached hydrogens (tertiary/aromatic N) is 1. The fraction of sp³-hybridized carbons (Fsp3) is 0.165. The van der Waals surface area contributed by atoms with Gasteiger partial charge in [0.1, 0.15) is 0 Å². The van der Waals surface area contributed by atoms with Gasteiger partial charge in [0, 0.05) is 22.5 Å². The van der Waals surface area contributed by atoms with Crippen LogP contribution >= 0.6 is 0 Å². The monoisotopic (exact) mass is 1030 g/mol. The highest BCUT2D eigenvalue weighted by atomic mass is 15.1. The molecule has 11 aromatic carbocycles.